The van der Waals surface area contributed by atoms with Gasteiger partial charge in [-0.05, 0) is 43.4 Å². The highest BCUT2D eigenvalue weighted by molar-refractivity contribution is 5.81. The summed E-state index contributed by atoms with van der Waals surface area (Å²) in [5.74, 6) is 2.32. The minimum atomic E-state index is 0.215. The Kier molecular flexibility index (Phi) is 2.97. The van der Waals surface area contributed by atoms with Crippen LogP contribution in [0.3, 0.4) is 0 Å². The second-order valence-electron chi connectivity index (χ2n) is 6.75. The van der Waals surface area contributed by atoms with Crippen molar-refractivity contribution >= 4 is 5.57 Å². The topological polar surface area (TPSA) is 18.5 Å². The predicted octanol–water partition coefficient (Wildman–Crippen LogP) is 5.08. The van der Waals surface area contributed by atoms with E-state index in [0.29, 0.717) is 5.92 Å². The van der Waals surface area contributed by atoms with Gasteiger partial charge < -0.3 is 9.47 Å². The normalized spacial score (nSPS) is 24.6. The number of benzene rings is 2. The van der Waals surface area contributed by atoms with E-state index < -0.39 is 0 Å². The summed E-state index contributed by atoms with van der Waals surface area (Å²) >= 11 is 0. The summed E-state index contributed by atoms with van der Waals surface area (Å²) in [6.45, 7) is 0. The molecule has 0 amide bonds. The van der Waals surface area contributed by atoms with Gasteiger partial charge in [-0.1, -0.05) is 36.8 Å². The van der Waals surface area contributed by atoms with Crippen LogP contribution in [0, 0.1) is 0 Å². The Balaban J connectivity index is 1.75. The summed E-state index contributed by atoms with van der Waals surface area (Å²) in [6.07, 6.45) is 8.21. The third-order valence-electron chi connectivity index (χ3n) is 5.39. The van der Waals surface area contributed by atoms with Gasteiger partial charge in [-0.25, -0.2) is 0 Å². The van der Waals surface area contributed by atoms with E-state index in [0.717, 1.165) is 24.3 Å². The van der Waals surface area contributed by atoms with E-state index in [-0.39, 0.29) is 6.10 Å². The van der Waals surface area contributed by atoms with Crippen molar-refractivity contribution in [2.45, 2.75) is 44.1 Å². The van der Waals surface area contributed by atoms with Gasteiger partial charge in [0.05, 0.1) is 12.2 Å². The molecule has 2 aromatic carbocycles. The molecular formula is C21H20O2. The molecule has 2 aromatic rings. The lowest BCUT2D eigenvalue weighted by atomic mass is 9.75. The minimum Gasteiger partial charge on any atom is -0.489 e. The van der Waals surface area contributed by atoms with Gasteiger partial charge >= 0.3 is 0 Å². The zero-order valence-corrected chi connectivity index (χ0v) is 13.1. The summed E-state index contributed by atoms with van der Waals surface area (Å²) in [7, 11) is 0. The summed E-state index contributed by atoms with van der Waals surface area (Å²) in [5.41, 5.74) is 5.27. The summed E-state index contributed by atoms with van der Waals surface area (Å²) in [5, 5.41) is 0. The first-order chi connectivity index (χ1) is 11.4. The first-order valence-electron chi connectivity index (χ1n) is 8.66. The molecule has 0 saturated carbocycles. The Morgan fingerprint density at radius 1 is 0.870 bits per heavy atom. The van der Waals surface area contributed by atoms with Gasteiger partial charge in [0.1, 0.15) is 17.6 Å². The van der Waals surface area contributed by atoms with Crippen LogP contribution in [-0.4, -0.2) is 6.10 Å². The highest BCUT2D eigenvalue weighted by Crippen LogP contribution is 2.51. The number of ether oxygens (including phenoxy) is 2. The van der Waals surface area contributed by atoms with Crippen LogP contribution in [0.1, 0.15) is 48.3 Å². The number of fused-ring (bicyclic) bond motifs is 5. The lowest BCUT2D eigenvalue weighted by Crippen LogP contribution is -2.33. The van der Waals surface area contributed by atoms with Crippen LogP contribution in [0.4, 0.5) is 0 Å². The number of para-hydroxylation sites is 1. The monoisotopic (exact) mass is 304 g/mol. The lowest BCUT2D eigenvalue weighted by molar-refractivity contribution is 0.160. The quantitative estimate of drug-likeness (QED) is 0.675. The summed E-state index contributed by atoms with van der Waals surface area (Å²) < 4.78 is 12.5. The van der Waals surface area contributed by atoms with Gasteiger partial charge in [0.2, 0.25) is 0 Å². The van der Waals surface area contributed by atoms with Crippen LogP contribution >= 0.6 is 0 Å². The first-order valence-corrected chi connectivity index (χ1v) is 8.66. The summed E-state index contributed by atoms with van der Waals surface area (Å²) in [6, 6.07) is 14.9. The Labute approximate surface area is 136 Å². The van der Waals surface area contributed by atoms with E-state index in [1.807, 2.05) is 12.3 Å². The Morgan fingerprint density at radius 2 is 1.78 bits per heavy atom. The van der Waals surface area contributed by atoms with Crippen LogP contribution in [0.5, 0.6) is 11.5 Å². The molecule has 0 aromatic heterocycles. The average molecular weight is 304 g/mol. The fourth-order valence-electron chi connectivity index (χ4n) is 4.33. The molecule has 4 bridgehead atoms. The molecule has 23 heavy (non-hydrogen) atoms. The predicted molar refractivity (Wildman–Crippen MR) is 90.8 cm³/mol. The standard InChI is InChI=1S/C21H20O2/c1-2-7-14-8-6-12-18-20(14)16-13-22-17-10-5-4-9-15(17)21(16)19(23-18)11-3-1/h4-6,8-10,12-13,19,21H,1-3,7,11H2. The molecule has 2 unspecified atom stereocenters. The molecule has 0 N–H and O–H groups in total. The molecule has 3 heterocycles. The van der Waals surface area contributed by atoms with Crippen molar-refractivity contribution in [1.82, 2.24) is 0 Å². The minimum absolute atomic E-state index is 0.215. The molecule has 3 aliphatic rings. The largest absolute Gasteiger partial charge is 0.489 e. The maximum atomic E-state index is 6.48. The van der Waals surface area contributed by atoms with Crippen LogP contribution in [0.2, 0.25) is 0 Å². The molecule has 0 aliphatic carbocycles. The highest BCUT2D eigenvalue weighted by atomic mass is 16.5. The Bertz CT molecular complexity index is 776. The van der Waals surface area contributed by atoms with Crippen molar-refractivity contribution in [1.29, 1.82) is 0 Å². The average Bonchev–Trinajstić information content (AvgIpc) is 2.60. The van der Waals surface area contributed by atoms with Gasteiger partial charge in [-0.3, -0.25) is 0 Å². The van der Waals surface area contributed by atoms with Crippen molar-refractivity contribution in [3.05, 3.63) is 65.4 Å². The highest BCUT2D eigenvalue weighted by Gasteiger charge is 2.40. The van der Waals surface area contributed by atoms with Crippen LogP contribution in [0.25, 0.3) is 5.57 Å². The van der Waals surface area contributed by atoms with Gasteiger partial charge in [0.15, 0.2) is 0 Å². The second kappa shape index (κ2) is 5.16. The number of aryl methyl sites for hydroxylation is 1. The molecule has 0 radical (unpaired) electrons. The zero-order chi connectivity index (χ0) is 15.2. The van der Waals surface area contributed by atoms with E-state index in [2.05, 4.69) is 36.4 Å². The molecule has 2 atom stereocenters. The van der Waals surface area contributed by atoms with Crippen molar-refractivity contribution < 1.29 is 9.47 Å². The maximum Gasteiger partial charge on any atom is 0.130 e. The van der Waals surface area contributed by atoms with Gasteiger partial charge in [0.25, 0.3) is 0 Å². The van der Waals surface area contributed by atoms with E-state index in [1.54, 1.807) is 0 Å². The van der Waals surface area contributed by atoms with Crippen LogP contribution in [-0.2, 0) is 6.42 Å². The summed E-state index contributed by atoms with van der Waals surface area (Å²) in [4.78, 5) is 0. The first kappa shape index (κ1) is 13.2. The lowest BCUT2D eigenvalue weighted by Gasteiger charge is -2.40. The maximum absolute atomic E-state index is 6.48. The van der Waals surface area contributed by atoms with Crippen LogP contribution < -0.4 is 9.47 Å². The molecule has 5 rings (SSSR count). The molecule has 3 aliphatic heterocycles. The van der Waals surface area contributed by atoms with Crippen molar-refractivity contribution in [3.63, 3.8) is 0 Å². The smallest absolute Gasteiger partial charge is 0.130 e. The number of hydrogen-bond acceptors (Lipinski definition) is 2. The molecular weight excluding hydrogens is 284 g/mol. The Morgan fingerprint density at radius 3 is 2.78 bits per heavy atom. The number of rotatable bonds is 0. The molecule has 0 spiro atoms. The molecule has 2 heteroatoms. The molecule has 2 nitrogen and oxygen atoms in total. The molecule has 116 valence electrons. The van der Waals surface area contributed by atoms with E-state index in [1.165, 1.54) is 41.5 Å². The van der Waals surface area contributed by atoms with E-state index >= 15 is 0 Å². The molecule has 0 fully saturated rings. The second-order valence-corrected chi connectivity index (χ2v) is 6.75. The SMILES string of the molecule is C1=C2c3c4cccc3OC(CCCCC4)C2c2ccccc2O1. The van der Waals surface area contributed by atoms with E-state index in [9.17, 15) is 0 Å². The van der Waals surface area contributed by atoms with Crippen molar-refractivity contribution in [3.8, 4) is 11.5 Å². The fourth-order valence-corrected chi connectivity index (χ4v) is 4.33. The Hall–Kier alpha value is -2.22. The third kappa shape index (κ3) is 2.01. The van der Waals surface area contributed by atoms with Gasteiger partial charge in [-0.2, -0.15) is 0 Å². The zero-order valence-electron chi connectivity index (χ0n) is 13.1. The van der Waals surface area contributed by atoms with E-state index in [4.69, 9.17) is 9.47 Å². The van der Waals surface area contributed by atoms with Crippen molar-refractivity contribution in [2.75, 3.05) is 0 Å². The molecule has 0 saturated heterocycles. The van der Waals surface area contributed by atoms with Gasteiger partial charge in [0, 0.05) is 16.7 Å². The van der Waals surface area contributed by atoms with Crippen molar-refractivity contribution in [2.24, 2.45) is 0 Å². The van der Waals surface area contributed by atoms with Crippen LogP contribution in [0.15, 0.2) is 48.7 Å². The third-order valence-corrected chi connectivity index (χ3v) is 5.39. The van der Waals surface area contributed by atoms with Gasteiger partial charge in [-0.15, -0.1) is 0 Å². The fraction of sp³-hybridized carbons (Fsp3) is 0.333. The number of hydrogen-bond donors (Lipinski definition) is 0.